The van der Waals surface area contributed by atoms with Crippen LogP contribution in [0.3, 0.4) is 0 Å². The van der Waals surface area contributed by atoms with Crippen LogP contribution in [0.4, 0.5) is 0 Å². The number of rotatable bonds is 4. The minimum absolute atomic E-state index is 0.0802. The number of nitrogens with two attached hydrogens (primary N) is 1. The Labute approximate surface area is 163 Å². The fourth-order valence-corrected chi connectivity index (χ4v) is 4.13. The van der Waals surface area contributed by atoms with Gasteiger partial charge in [0.1, 0.15) is 5.75 Å². The van der Waals surface area contributed by atoms with E-state index in [1.54, 1.807) is 31.5 Å². The molecule has 3 aromatic carbocycles. The maximum absolute atomic E-state index is 12.0. The van der Waals surface area contributed by atoms with E-state index in [9.17, 15) is 8.42 Å². The topological polar surface area (TPSA) is 82.3 Å². The van der Waals surface area contributed by atoms with Crippen molar-refractivity contribution in [2.45, 2.75) is 4.90 Å². The van der Waals surface area contributed by atoms with Crippen LogP contribution in [0.25, 0.3) is 33.0 Å². The number of sulfonamides is 1. The van der Waals surface area contributed by atoms with E-state index in [0.717, 1.165) is 21.9 Å². The largest absolute Gasteiger partial charge is 0.496 e. The highest BCUT2D eigenvalue weighted by Crippen LogP contribution is 2.38. The molecule has 5 nitrogen and oxygen atoms in total. The van der Waals surface area contributed by atoms with Gasteiger partial charge in [-0.25, -0.2) is 13.6 Å². The van der Waals surface area contributed by atoms with Crippen LogP contribution in [0.1, 0.15) is 0 Å². The lowest BCUT2D eigenvalue weighted by atomic mass is 9.97. The zero-order valence-electron chi connectivity index (χ0n) is 15.2. The van der Waals surface area contributed by atoms with Crippen LogP contribution in [0.5, 0.6) is 5.75 Å². The van der Waals surface area contributed by atoms with Gasteiger partial charge in [-0.15, -0.1) is 0 Å². The number of primary sulfonamides is 1. The molecule has 0 aliphatic rings. The van der Waals surface area contributed by atoms with Crippen molar-refractivity contribution < 1.29 is 13.2 Å². The quantitative estimate of drug-likeness (QED) is 0.565. The van der Waals surface area contributed by atoms with Crippen molar-refractivity contribution in [2.75, 3.05) is 7.11 Å². The lowest BCUT2D eigenvalue weighted by molar-refractivity contribution is 0.416. The first-order chi connectivity index (χ1) is 13.5. The summed E-state index contributed by atoms with van der Waals surface area (Å²) in [6.07, 6.45) is 3.63. The Morgan fingerprint density at radius 2 is 1.61 bits per heavy atom. The van der Waals surface area contributed by atoms with E-state index in [0.29, 0.717) is 16.9 Å². The van der Waals surface area contributed by atoms with Crippen molar-refractivity contribution in [1.29, 1.82) is 0 Å². The minimum Gasteiger partial charge on any atom is -0.496 e. The van der Waals surface area contributed by atoms with Crippen LogP contribution in [-0.4, -0.2) is 20.5 Å². The van der Waals surface area contributed by atoms with Gasteiger partial charge in [0.15, 0.2) is 0 Å². The summed E-state index contributed by atoms with van der Waals surface area (Å²) in [5.74, 6) is 0.625. The summed E-state index contributed by atoms with van der Waals surface area (Å²) < 4.78 is 29.5. The van der Waals surface area contributed by atoms with Gasteiger partial charge in [0.2, 0.25) is 10.0 Å². The lowest BCUT2D eigenvalue weighted by Crippen LogP contribution is -2.13. The first-order valence-corrected chi connectivity index (χ1v) is 10.2. The second-order valence-corrected chi connectivity index (χ2v) is 7.89. The molecule has 0 aliphatic heterocycles. The Balaban J connectivity index is 1.91. The Kier molecular flexibility index (Phi) is 4.58. The van der Waals surface area contributed by atoms with Crippen molar-refractivity contribution in [3.05, 3.63) is 79.1 Å². The molecule has 0 bridgehead atoms. The molecular formula is C22H18N2O3S. The molecule has 0 saturated carbocycles. The fourth-order valence-electron chi connectivity index (χ4n) is 3.37. The zero-order valence-corrected chi connectivity index (χ0v) is 16.0. The number of aromatic nitrogens is 1. The predicted octanol–water partition coefficient (Wildman–Crippen LogP) is 4.22. The van der Waals surface area contributed by atoms with Gasteiger partial charge in [0, 0.05) is 34.5 Å². The highest BCUT2D eigenvalue weighted by Gasteiger charge is 2.17. The lowest BCUT2D eigenvalue weighted by Gasteiger charge is -2.14. The third-order valence-electron chi connectivity index (χ3n) is 4.66. The van der Waals surface area contributed by atoms with E-state index in [-0.39, 0.29) is 4.90 Å². The number of methoxy groups -OCH3 is 1. The van der Waals surface area contributed by atoms with E-state index in [4.69, 9.17) is 9.88 Å². The first kappa shape index (κ1) is 18.2. The van der Waals surface area contributed by atoms with Crippen LogP contribution in [0.2, 0.25) is 0 Å². The minimum atomic E-state index is -3.84. The third-order valence-corrected chi connectivity index (χ3v) is 5.63. The molecule has 0 unspecified atom stereocenters. The number of fused-ring (bicyclic) bond motifs is 1. The Morgan fingerprint density at radius 3 is 2.39 bits per heavy atom. The molecule has 1 heterocycles. The van der Waals surface area contributed by atoms with E-state index < -0.39 is 10.0 Å². The summed E-state index contributed by atoms with van der Waals surface area (Å²) >= 11 is 0. The maximum Gasteiger partial charge on any atom is 0.238 e. The van der Waals surface area contributed by atoms with Crippen molar-refractivity contribution in [3.63, 3.8) is 0 Å². The number of pyridine rings is 1. The normalized spacial score (nSPS) is 11.5. The molecule has 0 amide bonds. The number of hydrogen-bond acceptors (Lipinski definition) is 4. The van der Waals surface area contributed by atoms with Gasteiger partial charge in [-0.05, 0) is 29.1 Å². The van der Waals surface area contributed by atoms with Crippen LogP contribution in [-0.2, 0) is 10.0 Å². The van der Waals surface area contributed by atoms with Gasteiger partial charge in [0.25, 0.3) is 0 Å². The average molecular weight is 390 g/mol. The Bertz CT molecular complexity index is 1280. The highest BCUT2D eigenvalue weighted by molar-refractivity contribution is 7.89. The molecule has 0 radical (unpaired) electrons. The van der Waals surface area contributed by atoms with Gasteiger partial charge >= 0.3 is 0 Å². The molecule has 4 aromatic rings. The van der Waals surface area contributed by atoms with Gasteiger partial charge in [-0.3, -0.25) is 4.98 Å². The monoisotopic (exact) mass is 390 g/mol. The summed E-state index contributed by atoms with van der Waals surface area (Å²) in [4.78, 5) is 4.42. The second-order valence-electron chi connectivity index (χ2n) is 6.36. The standard InChI is InChI=1S/C22H18N2O3S/c1-27-21-12-15(18-8-4-5-9-22(18)28(23,25)26)10-11-19(21)20-14-24-13-16-6-2-3-7-17(16)20/h2-14H,1H3,(H2,23,25,26). The summed E-state index contributed by atoms with van der Waals surface area (Å²) in [7, 11) is -2.25. The second kappa shape index (κ2) is 7.07. The maximum atomic E-state index is 12.0. The van der Waals surface area contributed by atoms with Gasteiger partial charge in [-0.2, -0.15) is 0 Å². The van der Waals surface area contributed by atoms with Crippen LogP contribution in [0.15, 0.2) is 84.0 Å². The average Bonchev–Trinajstić information content (AvgIpc) is 2.72. The molecule has 0 spiro atoms. The van der Waals surface area contributed by atoms with Crippen molar-refractivity contribution >= 4 is 20.8 Å². The summed E-state index contributed by atoms with van der Waals surface area (Å²) in [6.45, 7) is 0. The Hall–Kier alpha value is -3.22. The number of ether oxygens (including phenoxy) is 1. The number of hydrogen-bond donors (Lipinski definition) is 1. The number of benzene rings is 3. The molecule has 2 N–H and O–H groups in total. The highest BCUT2D eigenvalue weighted by atomic mass is 32.2. The molecule has 0 fully saturated rings. The van der Waals surface area contributed by atoms with Crippen LogP contribution < -0.4 is 9.88 Å². The molecule has 4 rings (SSSR count). The van der Waals surface area contributed by atoms with Gasteiger partial charge in [-0.1, -0.05) is 48.5 Å². The molecule has 1 aromatic heterocycles. The van der Waals surface area contributed by atoms with Crippen LogP contribution in [0, 0.1) is 0 Å². The van der Waals surface area contributed by atoms with E-state index in [2.05, 4.69) is 4.98 Å². The van der Waals surface area contributed by atoms with E-state index in [1.807, 2.05) is 48.7 Å². The smallest absolute Gasteiger partial charge is 0.238 e. The fraction of sp³-hybridized carbons (Fsp3) is 0.0455. The molecule has 0 atom stereocenters. The molecular weight excluding hydrogens is 372 g/mol. The summed E-state index contributed by atoms with van der Waals surface area (Å²) in [5, 5.41) is 7.48. The zero-order chi connectivity index (χ0) is 19.7. The number of nitrogens with zero attached hydrogens (tertiary/aromatic N) is 1. The Morgan fingerprint density at radius 1 is 0.857 bits per heavy atom. The SMILES string of the molecule is COc1cc(-c2ccccc2S(N)(=O)=O)ccc1-c1cncc2ccccc12. The van der Waals surface area contributed by atoms with Crippen molar-refractivity contribution in [2.24, 2.45) is 5.14 Å². The van der Waals surface area contributed by atoms with Crippen molar-refractivity contribution in [1.82, 2.24) is 4.98 Å². The third kappa shape index (κ3) is 3.24. The van der Waals surface area contributed by atoms with E-state index >= 15 is 0 Å². The molecule has 0 aliphatic carbocycles. The first-order valence-electron chi connectivity index (χ1n) is 8.62. The predicted molar refractivity (Wildman–Crippen MR) is 111 cm³/mol. The van der Waals surface area contributed by atoms with Gasteiger partial charge in [0.05, 0.1) is 12.0 Å². The molecule has 0 saturated heterocycles. The molecule has 140 valence electrons. The molecule has 28 heavy (non-hydrogen) atoms. The summed E-state index contributed by atoms with van der Waals surface area (Å²) in [5.41, 5.74) is 3.06. The van der Waals surface area contributed by atoms with E-state index in [1.165, 1.54) is 6.07 Å². The molecule has 6 heteroatoms. The van der Waals surface area contributed by atoms with Crippen LogP contribution >= 0.6 is 0 Å². The summed E-state index contributed by atoms with van der Waals surface area (Å²) in [6, 6.07) is 20.3. The van der Waals surface area contributed by atoms with Gasteiger partial charge < -0.3 is 4.74 Å². The van der Waals surface area contributed by atoms with Crippen molar-refractivity contribution in [3.8, 4) is 28.0 Å².